The van der Waals surface area contributed by atoms with E-state index in [9.17, 15) is 9.59 Å². The van der Waals surface area contributed by atoms with E-state index in [1.165, 1.54) is 24.3 Å². The molecule has 1 N–H and O–H groups in total. The Morgan fingerprint density at radius 2 is 1.80 bits per heavy atom. The number of amides is 2. The van der Waals surface area contributed by atoms with Gasteiger partial charge >= 0.3 is 0 Å². The van der Waals surface area contributed by atoms with Gasteiger partial charge in [0.2, 0.25) is 11.8 Å². The summed E-state index contributed by atoms with van der Waals surface area (Å²) in [6, 6.07) is 20.7. The number of carbonyl (C=O) groups excluding carboxylic acids is 2. The van der Waals surface area contributed by atoms with Gasteiger partial charge in [-0.05, 0) is 42.5 Å². The molecular formula is C26H20N6O2S. The Kier molecular flexibility index (Phi) is 6.15. The zero-order valence-electron chi connectivity index (χ0n) is 18.7. The molecule has 0 radical (unpaired) electrons. The van der Waals surface area contributed by atoms with Crippen molar-refractivity contribution in [3.8, 4) is 5.82 Å². The van der Waals surface area contributed by atoms with Crippen molar-refractivity contribution < 1.29 is 9.59 Å². The smallest absolute Gasteiger partial charge is 0.248 e. The van der Waals surface area contributed by atoms with Crippen molar-refractivity contribution in [2.24, 2.45) is 0 Å². The van der Waals surface area contributed by atoms with Crippen LogP contribution in [0.1, 0.15) is 12.6 Å². The van der Waals surface area contributed by atoms with Crippen molar-refractivity contribution in [2.75, 3.05) is 10.2 Å². The summed E-state index contributed by atoms with van der Waals surface area (Å²) in [7, 11) is 0. The van der Waals surface area contributed by atoms with E-state index in [4.69, 9.17) is 0 Å². The third kappa shape index (κ3) is 4.85. The molecule has 35 heavy (non-hydrogen) atoms. The highest BCUT2D eigenvalue weighted by Crippen LogP contribution is 2.29. The topological polar surface area (TPSA) is 93.0 Å². The first-order valence-corrected chi connectivity index (χ1v) is 11.7. The Labute approximate surface area is 205 Å². The van der Waals surface area contributed by atoms with Gasteiger partial charge in [-0.1, -0.05) is 30.3 Å². The lowest BCUT2D eigenvalue weighted by molar-refractivity contribution is -0.116. The number of hydrogen-bond donors (Lipinski definition) is 1. The number of imidazole rings is 1. The lowest BCUT2D eigenvalue weighted by Gasteiger charge is -2.17. The molecule has 0 unspecified atom stereocenters. The van der Waals surface area contributed by atoms with Crippen molar-refractivity contribution in [2.45, 2.75) is 6.92 Å². The van der Waals surface area contributed by atoms with Gasteiger partial charge in [0.1, 0.15) is 12.1 Å². The molecule has 2 aromatic carbocycles. The van der Waals surface area contributed by atoms with Gasteiger partial charge in [-0.25, -0.2) is 15.0 Å². The standard InChI is InChI=1S/C26H20N6O2S/c1-18(33)32(21-7-3-2-4-8-21)26-30-20(16-35-26)12-14-25(34)29-19-11-13-24(27-15-19)31-17-28-22-9-5-6-10-23(22)31/h2-17H,1H3,(H,29,34)/b14-12+. The van der Waals surface area contributed by atoms with Gasteiger partial charge in [0.25, 0.3) is 0 Å². The summed E-state index contributed by atoms with van der Waals surface area (Å²) in [6.07, 6.45) is 6.33. The molecule has 0 saturated carbocycles. The summed E-state index contributed by atoms with van der Waals surface area (Å²) in [5.74, 6) is 0.253. The van der Waals surface area contributed by atoms with Gasteiger partial charge in [-0.2, -0.15) is 0 Å². The number of nitrogens with zero attached hydrogens (tertiary/aromatic N) is 5. The maximum absolute atomic E-state index is 12.4. The van der Waals surface area contributed by atoms with E-state index in [1.54, 1.807) is 34.9 Å². The minimum Gasteiger partial charge on any atom is -0.321 e. The van der Waals surface area contributed by atoms with Crippen LogP contribution < -0.4 is 10.2 Å². The fourth-order valence-corrected chi connectivity index (χ4v) is 4.40. The molecular weight excluding hydrogens is 460 g/mol. The largest absolute Gasteiger partial charge is 0.321 e. The second-order valence-electron chi connectivity index (χ2n) is 7.58. The number of pyridine rings is 1. The van der Waals surface area contributed by atoms with E-state index >= 15 is 0 Å². The highest BCUT2D eigenvalue weighted by atomic mass is 32.1. The maximum atomic E-state index is 12.4. The minimum absolute atomic E-state index is 0.140. The van der Waals surface area contributed by atoms with E-state index in [-0.39, 0.29) is 11.8 Å². The molecule has 8 nitrogen and oxygen atoms in total. The zero-order valence-corrected chi connectivity index (χ0v) is 19.5. The molecule has 5 rings (SSSR count). The SMILES string of the molecule is CC(=O)N(c1ccccc1)c1nc(/C=C/C(=O)Nc2ccc(-n3cnc4ccccc43)nc2)cs1. The van der Waals surface area contributed by atoms with Crippen molar-refractivity contribution in [3.05, 3.63) is 96.4 Å². The molecule has 0 aliphatic rings. The summed E-state index contributed by atoms with van der Waals surface area (Å²) in [5.41, 5.74) is 3.74. The maximum Gasteiger partial charge on any atom is 0.248 e. The Hall–Kier alpha value is -4.63. The summed E-state index contributed by atoms with van der Waals surface area (Å²) < 4.78 is 1.89. The zero-order chi connectivity index (χ0) is 24.2. The number of anilines is 3. The predicted octanol–water partition coefficient (Wildman–Crippen LogP) is 5.21. The number of hydrogen-bond acceptors (Lipinski definition) is 6. The molecule has 3 aromatic heterocycles. The molecule has 0 aliphatic heterocycles. The van der Waals surface area contributed by atoms with E-state index in [0.717, 1.165) is 16.7 Å². The average molecular weight is 481 g/mol. The first kappa shape index (κ1) is 22.2. The van der Waals surface area contributed by atoms with E-state index < -0.39 is 0 Å². The monoisotopic (exact) mass is 480 g/mol. The number of fused-ring (bicyclic) bond motifs is 1. The number of para-hydroxylation sites is 3. The van der Waals surface area contributed by atoms with Gasteiger partial charge in [0.15, 0.2) is 5.13 Å². The highest BCUT2D eigenvalue weighted by Gasteiger charge is 2.17. The van der Waals surface area contributed by atoms with Crippen LogP contribution in [0, 0.1) is 0 Å². The van der Waals surface area contributed by atoms with Crippen molar-refractivity contribution in [3.63, 3.8) is 0 Å². The van der Waals surface area contributed by atoms with Crippen LogP contribution in [0.15, 0.2) is 90.7 Å². The molecule has 0 spiro atoms. The van der Waals surface area contributed by atoms with E-state index in [0.29, 0.717) is 22.3 Å². The molecule has 0 bridgehead atoms. The summed E-state index contributed by atoms with van der Waals surface area (Å²) >= 11 is 1.33. The van der Waals surface area contributed by atoms with Gasteiger partial charge in [-0.15, -0.1) is 11.3 Å². The predicted molar refractivity (Wildman–Crippen MR) is 138 cm³/mol. The van der Waals surface area contributed by atoms with Gasteiger partial charge < -0.3 is 5.32 Å². The number of aromatic nitrogens is 4. The van der Waals surface area contributed by atoms with Crippen molar-refractivity contribution >= 4 is 56.8 Å². The highest BCUT2D eigenvalue weighted by molar-refractivity contribution is 7.14. The summed E-state index contributed by atoms with van der Waals surface area (Å²) in [6.45, 7) is 1.49. The molecule has 0 aliphatic carbocycles. The quantitative estimate of drug-likeness (QED) is 0.337. The Bertz CT molecular complexity index is 1520. The fourth-order valence-electron chi connectivity index (χ4n) is 3.55. The number of thiazole rings is 1. The Balaban J connectivity index is 1.25. The molecule has 0 atom stereocenters. The van der Waals surface area contributed by atoms with Crippen molar-refractivity contribution in [1.82, 2.24) is 19.5 Å². The molecule has 3 heterocycles. The fraction of sp³-hybridized carbons (Fsp3) is 0.0385. The molecule has 9 heteroatoms. The normalized spacial score (nSPS) is 11.1. The summed E-state index contributed by atoms with van der Waals surface area (Å²) in [5, 5.41) is 5.13. The first-order chi connectivity index (χ1) is 17.1. The van der Waals surface area contributed by atoms with Crippen molar-refractivity contribution in [1.29, 1.82) is 0 Å². The molecule has 0 fully saturated rings. The van der Waals surface area contributed by atoms with Crippen LogP contribution in [0.5, 0.6) is 0 Å². The van der Waals surface area contributed by atoms with Crippen LogP contribution >= 0.6 is 11.3 Å². The van der Waals surface area contributed by atoms with Crippen LogP contribution in [-0.2, 0) is 9.59 Å². The Morgan fingerprint density at radius 3 is 2.57 bits per heavy atom. The summed E-state index contributed by atoms with van der Waals surface area (Å²) in [4.78, 5) is 39.5. The average Bonchev–Trinajstić information content (AvgIpc) is 3.51. The molecule has 5 aromatic rings. The van der Waals surface area contributed by atoms with Gasteiger partial charge in [-0.3, -0.25) is 19.1 Å². The lowest BCUT2D eigenvalue weighted by atomic mass is 10.3. The first-order valence-electron chi connectivity index (χ1n) is 10.8. The van der Waals surface area contributed by atoms with Crippen LogP contribution in [0.4, 0.5) is 16.5 Å². The second-order valence-corrected chi connectivity index (χ2v) is 8.41. The number of carbonyl (C=O) groups is 2. The van der Waals surface area contributed by atoms with Gasteiger partial charge in [0, 0.05) is 18.4 Å². The second kappa shape index (κ2) is 9.70. The van der Waals surface area contributed by atoms with E-state index in [1.807, 2.05) is 65.2 Å². The van der Waals surface area contributed by atoms with Crippen LogP contribution in [-0.4, -0.2) is 31.3 Å². The van der Waals surface area contributed by atoms with Gasteiger partial charge in [0.05, 0.1) is 34.3 Å². The number of benzene rings is 2. The minimum atomic E-state index is -0.311. The molecule has 0 saturated heterocycles. The lowest BCUT2D eigenvalue weighted by Crippen LogP contribution is -2.22. The van der Waals surface area contributed by atoms with E-state index in [2.05, 4.69) is 20.3 Å². The molecule has 2 amide bonds. The molecule has 172 valence electrons. The number of rotatable bonds is 6. The van der Waals surface area contributed by atoms with Crippen LogP contribution in [0.2, 0.25) is 0 Å². The Morgan fingerprint density at radius 1 is 1.00 bits per heavy atom. The van der Waals surface area contributed by atoms with Crippen LogP contribution in [0.25, 0.3) is 22.9 Å². The third-order valence-corrected chi connectivity index (χ3v) is 6.00. The van der Waals surface area contributed by atoms with Crippen LogP contribution in [0.3, 0.4) is 0 Å². The number of nitrogens with one attached hydrogen (secondary N) is 1. The third-order valence-electron chi connectivity index (χ3n) is 5.15.